The molecule has 2 nitrogen and oxygen atoms in total. The van der Waals surface area contributed by atoms with E-state index >= 15 is 0 Å². The molecule has 0 aromatic carbocycles. The fraction of sp³-hybridized carbons (Fsp3) is 0.800. The summed E-state index contributed by atoms with van der Waals surface area (Å²) in [5.41, 5.74) is 0. The van der Waals surface area contributed by atoms with Crippen LogP contribution in [0.15, 0.2) is 0 Å². The number of nitrogens with one attached hydrogen (secondary N) is 1. The van der Waals surface area contributed by atoms with E-state index in [0.717, 1.165) is 26.0 Å². The van der Waals surface area contributed by atoms with Crippen LogP contribution < -0.4 is 5.32 Å². The average molecular weight is 169 g/mol. The van der Waals surface area contributed by atoms with Crippen LogP contribution in [0.5, 0.6) is 0 Å². The lowest BCUT2D eigenvalue weighted by atomic mass is 10.1. The van der Waals surface area contributed by atoms with Crippen LogP contribution in [-0.4, -0.2) is 26.3 Å². The molecule has 0 rings (SSSR count). The zero-order valence-electron chi connectivity index (χ0n) is 8.31. The lowest BCUT2D eigenvalue weighted by Gasteiger charge is -2.13. The molecule has 0 radical (unpaired) electrons. The van der Waals surface area contributed by atoms with E-state index in [9.17, 15) is 0 Å². The molecule has 0 bridgehead atoms. The van der Waals surface area contributed by atoms with Crippen LogP contribution in [0, 0.1) is 11.8 Å². The monoisotopic (exact) mass is 169 g/mol. The third-order valence-corrected chi connectivity index (χ3v) is 1.69. The minimum absolute atomic E-state index is 0.488. The normalized spacial score (nSPS) is 11.9. The van der Waals surface area contributed by atoms with Crippen LogP contribution >= 0.6 is 0 Å². The maximum atomic E-state index is 5.01. The van der Waals surface area contributed by atoms with Gasteiger partial charge in [-0.15, -0.1) is 11.8 Å². The van der Waals surface area contributed by atoms with E-state index in [1.54, 1.807) is 7.11 Å². The highest BCUT2D eigenvalue weighted by Crippen LogP contribution is 1.96. The summed E-state index contributed by atoms with van der Waals surface area (Å²) >= 11 is 0. The first-order valence-corrected chi connectivity index (χ1v) is 4.47. The van der Waals surface area contributed by atoms with Crippen molar-refractivity contribution in [2.45, 2.75) is 32.7 Å². The first kappa shape index (κ1) is 11.5. The van der Waals surface area contributed by atoms with Crippen molar-refractivity contribution >= 4 is 0 Å². The van der Waals surface area contributed by atoms with Gasteiger partial charge in [0.05, 0.1) is 0 Å². The molecule has 0 heterocycles. The molecule has 0 aromatic heterocycles. The zero-order chi connectivity index (χ0) is 9.23. The molecule has 0 spiro atoms. The second-order valence-corrected chi connectivity index (χ2v) is 2.67. The van der Waals surface area contributed by atoms with Crippen molar-refractivity contribution in [3.05, 3.63) is 0 Å². The van der Waals surface area contributed by atoms with Gasteiger partial charge in [0.25, 0.3) is 0 Å². The summed E-state index contributed by atoms with van der Waals surface area (Å²) < 4.78 is 5.01. The maximum absolute atomic E-state index is 5.01. The highest BCUT2D eigenvalue weighted by atomic mass is 16.5. The first-order chi connectivity index (χ1) is 5.85. The summed E-state index contributed by atoms with van der Waals surface area (Å²) in [5.74, 6) is 5.98. The maximum Gasteiger partial charge on any atom is 0.0477 e. The molecule has 0 aliphatic rings. The highest BCUT2D eigenvalue weighted by Gasteiger charge is 2.03. The molecule has 2 heteroatoms. The quantitative estimate of drug-likeness (QED) is 0.607. The van der Waals surface area contributed by atoms with Gasteiger partial charge in [-0.05, 0) is 19.9 Å². The van der Waals surface area contributed by atoms with Gasteiger partial charge in [0.15, 0.2) is 0 Å². The van der Waals surface area contributed by atoms with Gasteiger partial charge in [-0.2, -0.15) is 0 Å². The Hall–Kier alpha value is -0.520. The van der Waals surface area contributed by atoms with Crippen molar-refractivity contribution < 1.29 is 4.74 Å². The van der Waals surface area contributed by atoms with Crippen LogP contribution in [0.4, 0.5) is 0 Å². The second-order valence-electron chi connectivity index (χ2n) is 2.67. The molecule has 1 N–H and O–H groups in total. The molecule has 0 aromatic rings. The Morgan fingerprint density at radius 1 is 1.50 bits per heavy atom. The van der Waals surface area contributed by atoms with Gasteiger partial charge in [0.2, 0.25) is 0 Å². The number of ether oxygens (including phenoxy) is 1. The van der Waals surface area contributed by atoms with Crippen LogP contribution in [0.1, 0.15) is 26.7 Å². The fourth-order valence-corrected chi connectivity index (χ4v) is 1.05. The van der Waals surface area contributed by atoms with Crippen molar-refractivity contribution in [1.82, 2.24) is 5.32 Å². The Kier molecular flexibility index (Phi) is 8.20. The Morgan fingerprint density at radius 2 is 2.25 bits per heavy atom. The van der Waals surface area contributed by atoms with Crippen molar-refractivity contribution in [3.8, 4) is 11.8 Å². The van der Waals surface area contributed by atoms with Gasteiger partial charge < -0.3 is 10.1 Å². The topological polar surface area (TPSA) is 21.3 Å². The van der Waals surface area contributed by atoms with E-state index in [0.29, 0.717) is 6.04 Å². The largest absolute Gasteiger partial charge is 0.385 e. The molecule has 1 atom stereocenters. The minimum atomic E-state index is 0.488. The molecule has 0 aliphatic carbocycles. The summed E-state index contributed by atoms with van der Waals surface area (Å²) in [5, 5.41) is 3.37. The van der Waals surface area contributed by atoms with Crippen LogP contribution in [-0.2, 0) is 4.74 Å². The van der Waals surface area contributed by atoms with Gasteiger partial charge in [0.1, 0.15) is 0 Å². The molecule has 0 aliphatic heterocycles. The van der Waals surface area contributed by atoms with Gasteiger partial charge in [0, 0.05) is 26.2 Å². The number of hydrogen-bond donors (Lipinski definition) is 1. The van der Waals surface area contributed by atoms with E-state index in [1.165, 1.54) is 0 Å². The molecule has 0 amide bonds. The smallest absolute Gasteiger partial charge is 0.0477 e. The van der Waals surface area contributed by atoms with Crippen LogP contribution in [0.3, 0.4) is 0 Å². The third-order valence-electron chi connectivity index (χ3n) is 1.69. The first-order valence-electron chi connectivity index (χ1n) is 4.47. The van der Waals surface area contributed by atoms with E-state index in [-0.39, 0.29) is 0 Å². The minimum Gasteiger partial charge on any atom is -0.385 e. The Balaban J connectivity index is 3.58. The van der Waals surface area contributed by atoms with Crippen molar-refractivity contribution in [1.29, 1.82) is 0 Å². The standard InChI is InChI=1S/C10H19NO/c1-4-6-7-10(11-5-2)8-9-12-3/h10-11H,5,7-9H2,1-3H3. The Morgan fingerprint density at radius 3 is 2.75 bits per heavy atom. The summed E-state index contributed by atoms with van der Waals surface area (Å²) in [6.07, 6.45) is 1.96. The van der Waals surface area contributed by atoms with Gasteiger partial charge in [-0.3, -0.25) is 0 Å². The fourth-order valence-electron chi connectivity index (χ4n) is 1.05. The predicted octanol–water partition coefficient (Wildman–Crippen LogP) is 1.41. The van der Waals surface area contributed by atoms with Crippen molar-refractivity contribution in [3.63, 3.8) is 0 Å². The lowest BCUT2D eigenvalue weighted by molar-refractivity contribution is 0.183. The van der Waals surface area contributed by atoms with Crippen molar-refractivity contribution in [2.75, 3.05) is 20.3 Å². The molecule has 12 heavy (non-hydrogen) atoms. The molecule has 0 saturated carbocycles. The van der Waals surface area contributed by atoms with Gasteiger partial charge in [-0.1, -0.05) is 6.92 Å². The van der Waals surface area contributed by atoms with Gasteiger partial charge in [-0.25, -0.2) is 0 Å². The summed E-state index contributed by atoms with van der Waals surface area (Å²) in [6.45, 7) is 5.79. The van der Waals surface area contributed by atoms with Crippen LogP contribution in [0.25, 0.3) is 0 Å². The average Bonchev–Trinajstić information content (AvgIpc) is 2.10. The van der Waals surface area contributed by atoms with E-state index in [1.807, 2.05) is 6.92 Å². The number of methoxy groups -OCH3 is 1. The third kappa shape index (κ3) is 6.21. The molecule has 0 fully saturated rings. The molecular weight excluding hydrogens is 150 g/mol. The van der Waals surface area contributed by atoms with Crippen LogP contribution in [0.2, 0.25) is 0 Å². The van der Waals surface area contributed by atoms with E-state index in [2.05, 4.69) is 24.1 Å². The van der Waals surface area contributed by atoms with E-state index in [4.69, 9.17) is 4.74 Å². The summed E-state index contributed by atoms with van der Waals surface area (Å²) in [4.78, 5) is 0. The van der Waals surface area contributed by atoms with Gasteiger partial charge >= 0.3 is 0 Å². The lowest BCUT2D eigenvalue weighted by Crippen LogP contribution is -2.29. The predicted molar refractivity (Wildman–Crippen MR) is 52.0 cm³/mol. The molecule has 0 saturated heterocycles. The molecule has 1 unspecified atom stereocenters. The Labute approximate surface area is 75.7 Å². The Bertz CT molecular complexity index is 146. The molecular formula is C10H19NO. The number of hydrogen-bond acceptors (Lipinski definition) is 2. The van der Waals surface area contributed by atoms with Crippen molar-refractivity contribution in [2.24, 2.45) is 0 Å². The van der Waals surface area contributed by atoms with E-state index < -0.39 is 0 Å². The summed E-state index contributed by atoms with van der Waals surface area (Å²) in [6, 6.07) is 0.488. The summed E-state index contributed by atoms with van der Waals surface area (Å²) in [7, 11) is 1.73. The molecule has 70 valence electrons. The zero-order valence-corrected chi connectivity index (χ0v) is 8.31. The number of rotatable bonds is 6. The second kappa shape index (κ2) is 8.58. The highest BCUT2D eigenvalue weighted by molar-refractivity contribution is 4.98. The SMILES string of the molecule is CC#CCC(CCOC)NCC.